The molecule has 1 aliphatic heterocycles. The molecule has 1 aromatic heterocycles. The highest BCUT2D eigenvalue weighted by Gasteiger charge is 2.23. The molecule has 3 aromatic rings. The number of aromatic nitrogens is 1. The Labute approximate surface area is 124 Å². The van der Waals surface area contributed by atoms with Crippen LogP contribution < -0.4 is 5.32 Å². The van der Waals surface area contributed by atoms with Crippen LogP contribution in [0.4, 0.5) is 5.69 Å². The fraction of sp³-hybridized carbons (Fsp3) is 0.0625. The van der Waals surface area contributed by atoms with Gasteiger partial charge in [0.25, 0.3) is 0 Å². The molecule has 4 rings (SSSR count). The average Bonchev–Trinajstić information content (AvgIpc) is 2.73. The standard InChI is InChI=1S/C16H11BrN2O/c17-11-5-3-7-13-15(11)10-8-14(20)18-12-6-2-1-4-9(12)16(10)19-13/h1-7,19H,8H2,(H,18,20). The van der Waals surface area contributed by atoms with E-state index in [9.17, 15) is 4.79 Å². The highest BCUT2D eigenvalue weighted by molar-refractivity contribution is 9.10. The van der Waals surface area contributed by atoms with Crippen molar-refractivity contribution in [3.05, 3.63) is 52.5 Å². The van der Waals surface area contributed by atoms with E-state index in [1.165, 1.54) is 0 Å². The van der Waals surface area contributed by atoms with Gasteiger partial charge in [-0.1, -0.05) is 40.2 Å². The van der Waals surface area contributed by atoms with Crippen LogP contribution in [0.15, 0.2) is 46.9 Å². The number of amides is 1. The highest BCUT2D eigenvalue weighted by atomic mass is 79.9. The summed E-state index contributed by atoms with van der Waals surface area (Å²) in [6, 6.07) is 13.9. The highest BCUT2D eigenvalue weighted by Crippen LogP contribution is 2.39. The number of benzene rings is 2. The van der Waals surface area contributed by atoms with E-state index in [0.29, 0.717) is 6.42 Å². The number of aromatic amines is 1. The fourth-order valence-corrected chi connectivity index (χ4v) is 3.45. The van der Waals surface area contributed by atoms with Crippen LogP contribution in [0.3, 0.4) is 0 Å². The Morgan fingerprint density at radius 1 is 1.05 bits per heavy atom. The third kappa shape index (κ3) is 1.61. The Bertz CT molecular complexity index is 851. The monoisotopic (exact) mass is 326 g/mol. The molecule has 3 nitrogen and oxygen atoms in total. The predicted molar refractivity (Wildman–Crippen MR) is 83.8 cm³/mol. The van der Waals surface area contributed by atoms with Crippen molar-refractivity contribution in [2.24, 2.45) is 0 Å². The maximum Gasteiger partial charge on any atom is 0.228 e. The third-order valence-corrected chi connectivity index (χ3v) is 4.35. The summed E-state index contributed by atoms with van der Waals surface area (Å²) in [5.41, 5.74) is 5.03. The second-order valence-corrected chi connectivity index (χ2v) is 5.77. The zero-order valence-electron chi connectivity index (χ0n) is 10.5. The lowest BCUT2D eigenvalue weighted by molar-refractivity contribution is -0.115. The van der Waals surface area contributed by atoms with Gasteiger partial charge in [-0.3, -0.25) is 4.79 Å². The second kappa shape index (κ2) is 4.21. The lowest BCUT2D eigenvalue weighted by Crippen LogP contribution is -2.12. The van der Waals surface area contributed by atoms with Gasteiger partial charge >= 0.3 is 0 Å². The number of rotatable bonds is 0. The summed E-state index contributed by atoms with van der Waals surface area (Å²) in [5.74, 6) is 0.0212. The zero-order chi connectivity index (χ0) is 13.7. The molecule has 0 radical (unpaired) electrons. The molecule has 1 amide bonds. The number of fused-ring (bicyclic) bond motifs is 5. The molecule has 98 valence electrons. The fourth-order valence-electron chi connectivity index (χ4n) is 2.84. The van der Waals surface area contributed by atoms with E-state index in [1.807, 2.05) is 42.5 Å². The van der Waals surface area contributed by atoms with Crippen LogP contribution in [0.5, 0.6) is 0 Å². The Kier molecular flexibility index (Phi) is 2.47. The molecule has 2 heterocycles. The maximum absolute atomic E-state index is 12.1. The molecule has 20 heavy (non-hydrogen) atoms. The number of para-hydroxylation sites is 1. The van der Waals surface area contributed by atoms with Crippen LogP contribution in [0.2, 0.25) is 0 Å². The van der Waals surface area contributed by atoms with E-state index >= 15 is 0 Å². The summed E-state index contributed by atoms with van der Waals surface area (Å²) in [7, 11) is 0. The molecular weight excluding hydrogens is 316 g/mol. The lowest BCUT2D eigenvalue weighted by Gasteiger charge is -2.05. The van der Waals surface area contributed by atoms with E-state index in [4.69, 9.17) is 0 Å². The van der Waals surface area contributed by atoms with Crippen molar-refractivity contribution in [2.45, 2.75) is 6.42 Å². The van der Waals surface area contributed by atoms with Crippen LogP contribution in [0.1, 0.15) is 5.56 Å². The second-order valence-electron chi connectivity index (χ2n) is 4.91. The molecule has 4 heteroatoms. The van der Waals surface area contributed by atoms with Crippen LogP contribution in [-0.2, 0) is 11.2 Å². The minimum Gasteiger partial charge on any atom is -0.354 e. The predicted octanol–water partition coefficient (Wildman–Crippen LogP) is 4.09. The van der Waals surface area contributed by atoms with Crippen LogP contribution >= 0.6 is 15.9 Å². The molecule has 2 N–H and O–H groups in total. The van der Waals surface area contributed by atoms with Gasteiger partial charge in [-0.2, -0.15) is 0 Å². The topological polar surface area (TPSA) is 44.9 Å². The van der Waals surface area contributed by atoms with Gasteiger partial charge in [-0.15, -0.1) is 0 Å². The van der Waals surface area contributed by atoms with Crippen LogP contribution in [-0.4, -0.2) is 10.9 Å². The Balaban J connectivity index is 2.13. The number of anilines is 1. The minimum atomic E-state index is 0.0212. The first-order valence-corrected chi connectivity index (χ1v) is 7.21. The van der Waals surface area contributed by atoms with Gasteiger partial charge in [-0.25, -0.2) is 0 Å². The first kappa shape index (κ1) is 11.7. The summed E-state index contributed by atoms with van der Waals surface area (Å²) in [6.07, 6.45) is 0.382. The smallest absolute Gasteiger partial charge is 0.228 e. The van der Waals surface area contributed by atoms with Gasteiger partial charge < -0.3 is 10.3 Å². The van der Waals surface area contributed by atoms with Gasteiger partial charge in [0, 0.05) is 20.9 Å². The van der Waals surface area contributed by atoms with Crippen molar-refractivity contribution >= 4 is 38.4 Å². The Morgan fingerprint density at radius 3 is 2.80 bits per heavy atom. The summed E-state index contributed by atoms with van der Waals surface area (Å²) in [4.78, 5) is 15.6. The quantitative estimate of drug-likeness (QED) is 0.642. The number of hydrogen-bond acceptors (Lipinski definition) is 1. The summed E-state index contributed by atoms with van der Waals surface area (Å²) < 4.78 is 1.01. The van der Waals surface area contributed by atoms with E-state index in [-0.39, 0.29) is 5.91 Å². The first-order valence-electron chi connectivity index (χ1n) is 6.42. The van der Waals surface area contributed by atoms with E-state index in [0.717, 1.165) is 37.9 Å². The molecule has 0 fully saturated rings. The molecule has 0 saturated heterocycles. The number of halogens is 1. The SMILES string of the molecule is O=C1Cc2c([nH]c3cccc(Br)c23)-c2ccccc2N1. The maximum atomic E-state index is 12.1. The van der Waals surface area contributed by atoms with Crippen molar-refractivity contribution in [3.8, 4) is 11.3 Å². The average molecular weight is 327 g/mol. The van der Waals surface area contributed by atoms with Gasteiger partial charge in [0.15, 0.2) is 0 Å². The van der Waals surface area contributed by atoms with Crippen molar-refractivity contribution in [2.75, 3.05) is 5.32 Å². The van der Waals surface area contributed by atoms with Crippen molar-refractivity contribution in [3.63, 3.8) is 0 Å². The van der Waals surface area contributed by atoms with Crippen molar-refractivity contribution in [1.82, 2.24) is 4.98 Å². The number of nitrogens with one attached hydrogen (secondary N) is 2. The van der Waals surface area contributed by atoms with Crippen LogP contribution in [0, 0.1) is 0 Å². The summed E-state index contributed by atoms with van der Waals surface area (Å²) in [5, 5.41) is 4.06. The van der Waals surface area contributed by atoms with Crippen molar-refractivity contribution < 1.29 is 4.79 Å². The Hall–Kier alpha value is -2.07. The minimum absolute atomic E-state index is 0.0212. The number of carbonyl (C=O) groups is 1. The lowest BCUT2D eigenvalue weighted by atomic mass is 10.0. The molecule has 0 atom stereocenters. The number of H-pyrrole nitrogens is 1. The van der Waals surface area contributed by atoms with Crippen LogP contribution in [0.25, 0.3) is 22.2 Å². The molecule has 0 unspecified atom stereocenters. The molecule has 0 saturated carbocycles. The van der Waals surface area contributed by atoms with Gasteiger partial charge in [0.1, 0.15) is 0 Å². The van der Waals surface area contributed by atoms with E-state index in [2.05, 4.69) is 26.2 Å². The van der Waals surface area contributed by atoms with Gasteiger partial charge in [-0.05, 0) is 23.8 Å². The largest absolute Gasteiger partial charge is 0.354 e. The molecule has 2 aromatic carbocycles. The van der Waals surface area contributed by atoms with E-state index < -0.39 is 0 Å². The number of carbonyl (C=O) groups excluding carboxylic acids is 1. The normalized spacial score (nSPS) is 13.6. The third-order valence-electron chi connectivity index (χ3n) is 3.68. The Morgan fingerprint density at radius 2 is 1.90 bits per heavy atom. The van der Waals surface area contributed by atoms with Crippen molar-refractivity contribution in [1.29, 1.82) is 0 Å². The first-order chi connectivity index (χ1) is 9.74. The van der Waals surface area contributed by atoms with E-state index in [1.54, 1.807) is 0 Å². The molecule has 0 spiro atoms. The summed E-state index contributed by atoms with van der Waals surface area (Å²) >= 11 is 3.59. The molecule has 0 aliphatic carbocycles. The van der Waals surface area contributed by atoms with Gasteiger partial charge in [0.05, 0.1) is 17.8 Å². The molecule has 0 bridgehead atoms. The summed E-state index contributed by atoms with van der Waals surface area (Å²) in [6.45, 7) is 0. The van der Waals surface area contributed by atoms with Gasteiger partial charge in [0.2, 0.25) is 5.91 Å². The zero-order valence-corrected chi connectivity index (χ0v) is 12.1. The molecular formula is C16H11BrN2O. The number of hydrogen-bond donors (Lipinski definition) is 2. The molecule has 1 aliphatic rings.